The van der Waals surface area contributed by atoms with Gasteiger partial charge in [-0.2, -0.15) is 0 Å². The molecule has 0 amide bonds. The second-order valence-corrected chi connectivity index (χ2v) is 4.97. The van der Waals surface area contributed by atoms with Crippen molar-refractivity contribution in [1.82, 2.24) is 0 Å². The number of hydrogen-bond donors (Lipinski definition) is 1. The minimum absolute atomic E-state index is 0.252. The van der Waals surface area contributed by atoms with Gasteiger partial charge in [0.1, 0.15) is 6.10 Å². The standard InChI is InChI=1S/C16H24O5/c17-15-13-20-9-8-18-6-7-19-10-11-21-16(15)12-14-4-2-1-3-5-14/h1-5,15-17H,6-13H2. The van der Waals surface area contributed by atoms with Gasteiger partial charge in [-0.05, 0) is 5.56 Å². The first-order valence-corrected chi connectivity index (χ1v) is 7.43. The van der Waals surface area contributed by atoms with Gasteiger partial charge in [0.05, 0.1) is 52.4 Å². The van der Waals surface area contributed by atoms with E-state index in [-0.39, 0.29) is 12.7 Å². The number of aliphatic hydroxyl groups is 1. The van der Waals surface area contributed by atoms with Crippen molar-refractivity contribution in [2.75, 3.05) is 46.2 Å². The molecule has 0 aromatic heterocycles. The van der Waals surface area contributed by atoms with Gasteiger partial charge in [0.2, 0.25) is 0 Å². The Morgan fingerprint density at radius 2 is 1.48 bits per heavy atom. The molecule has 2 unspecified atom stereocenters. The van der Waals surface area contributed by atoms with Crippen LogP contribution in [0.2, 0.25) is 0 Å². The summed E-state index contributed by atoms with van der Waals surface area (Å²) in [7, 11) is 0. The Hall–Kier alpha value is -0.980. The molecule has 1 aromatic carbocycles. The van der Waals surface area contributed by atoms with Crippen LogP contribution >= 0.6 is 0 Å². The minimum atomic E-state index is -0.661. The summed E-state index contributed by atoms with van der Waals surface area (Å²) in [4.78, 5) is 0. The largest absolute Gasteiger partial charge is 0.388 e. The lowest BCUT2D eigenvalue weighted by Crippen LogP contribution is -2.36. The van der Waals surface area contributed by atoms with Crippen LogP contribution in [0.4, 0.5) is 0 Å². The predicted molar refractivity (Wildman–Crippen MR) is 78.3 cm³/mol. The fourth-order valence-electron chi connectivity index (χ4n) is 2.16. The number of benzene rings is 1. The van der Waals surface area contributed by atoms with Crippen molar-refractivity contribution in [2.45, 2.75) is 18.6 Å². The van der Waals surface area contributed by atoms with E-state index in [1.165, 1.54) is 0 Å². The van der Waals surface area contributed by atoms with E-state index in [1.807, 2.05) is 30.3 Å². The maximum Gasteiger partial charge on any atom is 0.104 e. The normalized spacial score (nSPS) is 26.3. The first kappa shape index (κ1) is 16.4. The van der Waals surface area contributed by atoms with Crippen LogP contribution in [-0.2, 0) is 25.4 Å². The monoisotopic (exact) mass is 296 g/mol. The molecule has 2 atom stereocenters. The molecule has 5 heteroatoms. The van der Waals surface area contributed by atoms with Gasteiger partial charge in [0.15, 0.2) is 0 Å². The highest BCUT2D eigenvalue weighted by Gasteiger charge is 2.21. The molecular formula is C16H24O5. The predicted octanol–water partition coefficient (Wildman–Crippen LogP) is 1.04. The summed E-state index contributed by atoms with van der Waals surface area (Å²) in [6.45, 7) is 3.29. The number of hydrogen-bond acceptors (Lipinski definition) is 5. The van der Waals surface area contributed by atoms with E-state index in [0.717, 1.165) is 5.56 Å². The molecule has 1 aliphatic rings. The van der Waals surface area contributed by atoms with Gasteiger partial charge in [-0.25, -0.2) is 0 Å². The number of aliphatic hydroxyl groups excluding tert-OH is 1. The lowest BCUT2D eigenvalue weighted by Gasteiger charge is -2.23. The zero-order chi connectivity index (χ0) is 14.8. The van der Waals surface area contributed by atoms with E-state index >= 15 is 0 Å². The van der Waals surface area contributed by atoms with Crippen molar-refractivity contribution in [2.24, 2.45) is 0 Å². The molecule has 0 radical (unpaired) electrons. The summed E-state index contributed by atoms with van der Waals surface area (Å²) in [5, 5.41) is 10.3. The Balaban J connectivity index is 1.89. The average molecular weight is 296 g/mol. The number of rotatable bonds is 2. The van der Waals surface area contributed by atoms with Crippen LogP contribution in [0.25, 0.3) is 0 Å². The van der Waals surface area contributed by atoms with Crippen LogP contribution in [0, 0.1) is 0 Å². The van der Waals surface area contributed by atoms with E-state index in [4.69, 9.17) is 18.9 Å². The zero-order valence-electron chi connectivity index (χ0n) is 12.3. The summed E-state index contributed by atoms with van der Waals surface area (Å²) in [5.74, 6) is 0. The molecule has 21 heavy (non-hydrogen) atoms. The quantitative estimate of drug-likeness (QED) is 0.883. The summed E-state index contributed by atoms with van der Waals surface area (Å²) in [6.07, 6.45) is -0.300. The Labute approximate surface area is 125 Å². The second-order valence-electron chi connectivity index (χ2n) is 4.97. The summed E-state index contributed by atoms with van der Waals surface area (Å²) < 4.78 is 21.9. The lowest BCUT2D eigenvalue weighted by molar-refractivity contribution is -0.0807. The molecule has 1 N–H and O–H groups in total. The SMILES string of the molecule is OC1COCCOCCOCCOC1Cc1ccccc1. The average Bonchev–Trinajstić information content (AvgIpc) is 2.53. The van der Waals surface area contributed by atoms with Crippen LogP contribution in [-0.4, -0.2) is 63.6 Å². The van der Waals surface area contributed by atoms with E-state index in [1.54, 1.807) is 0 Å². The van der Waals surface area contributed by atoms with Gasteiger partial charge in [-0.1, -0.05) is 30.3 Å². The topological polar surface area (TPSA) is 57.2 Å². The maximum atomic E-state index is 10.3. The Bertz CT molecular complexity index is 370. The Morgan fingerprint density at radius 1 is 0.857 bits per heavy atom. The third-order valence-electron chi connectivity index (χ3n) is 3.30. The van der Waals surface area contributed by atoms with Gasteiger partial charge in [-0.15, -0.1) is 0 Å². The van der Waals surface area contributed by atoms with Crippen molar-refractivity contribution in [3.8, 4) is 0 Å². The fraction of sp³-hybridized carbons (Fsp3) is 0.625. The van der Waals surface area contributed by atoms with Crippen LogP contribution in [0.1, 0.15) is 5.56 Å². The van der Waals surface area contributed by atoms with Crippen LogP contribution in [0.15, 0.2) is 30.3 Å². The van der Waals surface area contributed by atoms with Crippen LogP contribution in [0.3, 0.4) is 0 Å². The molecule has 0 aliphatic carbocycles. The van der Waals surface area contributed by atoms with E-state index in [9.17, 15) is 5.11 Å². The van der Waals surface area contributed by atoms with Crippen LogP contribution in [0.5, 0.6) is 0 Å². The third-order valence-corrected chi connectivity index (χ3v) is 3.30. The fourth-order valence-corrected chi connectivity index (χ4v) is 2.16. The molecular weight excluding hydrogens is 272 g/mol. The smallest absolute Gasteiger partial charge is 0.104 e. The van der Waals surface area contributed by atoms with Crippen molar-refractivity contribution in [3.05, 3.63) is 35.9 Å². The Morgan fingerprint density at radius 3 is 2.19 bits per heavy atom. The zero-order valence-corrected chi connectivity index (χ0v) is 12.3. The molecule has 1 saturated heterocycles. The van der Waals surface area contributed by atoms with Gasteiger partial charge >= 0.3 is 0 Å². The molecule has 1 heterocycles. The molecule has 118 valence electrons. The van der Waals surface area contributed by atoms with Crippen molar-refractivity contribution in [3.63, 3.8) is 0 Å². The minimum Gasteiger partial charge on any atom is -0.388 e. The van der Waals surface area contributed by atoms with Crippen molar-refractivity contribution in [1.29, 1.82) is 0 Å². The van der Waals surface area contributed by atoms with Gasteiger partial charge < -0.3 is 24.1 Å². The highest BCUT2D eigenvalue weighted by Crippen LogP contribution is 2.10. The molecule has 1 aromatic rings. The van der Waals surface area contributed by atoms with Gasteiger partial charge in [-0.3, -0.25) is 0 Å². The summed E-state index contributed by atoms with van der Waals surface area (Å²) in [5.41, 5.74) is 1.13. The highest BCUT2D eigenvalue weighted by atomic mass is 16.6. The van der Waals surface area contributed by atoms with E-state index in [0.29, 0.717) is 46.1 Å². The summed E-state index contributed by atoms with van der Waals surface area (Å²) >= 11 is 0. The molecule has 2 rings (SSSR count). The van der Waals surface area contributed by atoms with Crippen molar-refractivity contribution >= 4 is 0 Å². The molecule has 1 fully saturated rings. The third kappa shape index (κ3) is 6.54. The molecule has 1 aliphatic heterocycles. The summed E-state index contributed by atoms with van der Waals surface area (Å²) in [6, 6.07) is 10.0. The van der Waals surface area contributed by atoms with Gasteiger partial charge in [0, 0.05) is 6.42 Å². The molecule has 0 bridgehead atoms. The second kappa shape index (κ2) is 9.87. The molecule has 5 nitrogen and oxygen atoms in total. The first-order valence-electron chi connectivity index (χ1n) is 7.43. The number of ether oxygens (including phenoxy) is 4. The van der Waals surface area contributed by atoms with E-state index in [2.05, 4.69) is 0 Å². The van der Waals surface area contributed by atoms with E-state index < -0.39 is 6.10 Å². The highest BCUT2D eigenvalue weighted by molar-refractivity contribution is 5.15. The Kier molecular flexibility index (Phi) is 7.70. The van der Waals surface area contributed by atoms with Crippen LogP contribution < -0.4 is 0 Å². The molecule has 0 spiro atoms. The van der Waals surface area contributed by atoms with Gasteiger partial charge in [0.25, 0.3) is 0 Å². The lowest BCUT2D eigenvalue weighted by atomic mass is 10.0. The molecule has 0 saturated carbocycles. The first-order chi connectivity index (χ1) is 10.4. The van der Waals surface area contributed by atoms with Crippen molar-refractivity contribution < 1.29 is 24.1 Å². The maximum absolute atomic E-state index is 10.3.